The lowest BCUT2D eigenvalue weighted by Gasteiger charge is -2.14. The summed E-state index contributed by atoms with van der Waals surface area (Å²) >= 11 is 5.65. The Morgan fingerprint density at radius 2 is 1.81 bits per heavy atom. The Balaban J connectivity index is 2.45. The van der Waals surface area contributed by atoms with Gasteiger partial charge in [-0.1, -0.05) is 11.6 Å². The highest BCUT2D eigenvalue weighted by atomic mass is 35.5. The van der Waals surface area contributed by atoms with Crippen molar-refractivity contribution >= 4 is 28.7 Å². The van der Waals surface area contributed by atoms with Crippen LogP contribution in [-0.2, 0) is 6.18 Å². The molecule has 0 bridgehead atoms. The zero-order valence-electron chi connectivity index (χ0n) is 10.1. The zero-order chi connectivity index (χ0) is 15.8. The van der Waals surface area contributed by atoms with Crippen molar-refractivity contribution in [1.82, 2.24) is 4.98 Å². The summed E-state index contributed by atoms with van der Waals surface area (Å²) in [5.41, 5.74) is 3.49. The molecule has 0 unspecified atom stereocenters. The molecule has 0 spiro atoms. The van der Waals surface area contributed by atoms with Crippen LogP contribution in [0.4, 0.5) is 39.0 Å². The quantitative estimate of drug-likeness (QED) is 0.807. The molecule has 0 saturated carbocycles. The third-order valence-electron chi connectivity index (χ3n) is 2.49. The molecule has 0 aliphatic carbocycles. The first kappa shape index (κ1) is 15.3. The van der Waals surface area contributed by atoms with Crippen LogP contribution in [0, 0.1) is 11.6 Å². The zero-order valence-corrected chi connectivity index (χ0v) is 10.9. The van der Waals surface area contributed by atoms with Crippen LogP contribution in [0.15, 0.2) is 24.4 Å². The number of anilines is 3. The van der Waals surface area contributed by atoms with Crippen LogP contribution in [0.2, 0.25) is 5.02 Å². The number of benzene rings is 1. The van der Waals surface area contributed by atoms with Gasteiger partial charge in [-0.15, -0.1) is 0 Å². The molecule has 21 heavy (non-hydrogen) atoms. The van der Waals surface area contributed by atoms with E-state index in [0.29, 0.717) is 12.1 Å². The smallest absolute Gasteiger partial charge is 0.396 e. The average Bonchev–Trinajstić information content (AvgIpc) is 2.34. The van der Waals surface area contributed by atoms with E-state index < -0.39 is 23.5 Å². The first-order valence-corrected chi connectivity index (χ1v) is 5.80. The van der Waals surface area contributed by atoms with Gasteiger partial charge in [0.1, 0.15) is 11.5 Å². The molecular weight excluding hydrogens is 317 g/mol. The third-order valence-corrected chi connectivity index (χ3v) is 2.79. The van der Waals surface area contributed by atoms with Gasteiger partial charge in [-0.3, -0.25) is 0 Å². The number of halogens is 6. The molecule has 3 N–H and O–H groups in total. The molecule has 2 aromatic rings. The van der Waals surface area contributed by atoms with E-state index in [4.69, 9.17) is 17.3 Å². The topological polar surface area (TPSA) is 50.9 Å². The van der Waals surface area contributed by atoms with Crippen LogP contribution in [-0.4, -0.2) is 4.98 Å². The highest BCUT2D eigenvalue weighted by Crippen LogP contribution is 2.35. The highest BCUT2D eigenvalue weighted by Gasteiger charge is 2.33. The third kappa shape index (κ3) is 3.33. The Morgan fingerprint density at radius 3 is 2.38 bits per heavy atom. The molecule has 0 aliphatic heterocycles. The van der Waals surface area contributed by atoms with Crippen LogP contribution < -0.4 is 11.1 Å². The van der Waals surface area contributed by atoms with Crippen molar-refractivity contribution in [3.05, 3.63) is 46.7 Å². The summed E-state index contributed by atoms with van der Waals surface area (Å²) in [4.78, 5) is 3.13. The SMILES string of the molecule is Nc1cnc(C(F)(F)F)cc1Nc1c(F)cc(F)cc1Cl. The lowest BCUT2D eigenvalue weighted by molar-refractivity contribution is -0.141. The number of hydrogen-bond acceptors (Lipinski definition) is 3. The predicted octanol–water partition coefficient (Wildman–Crippen LogP) is 4.36. The van der Waals surface area contributed by atoms with Crippen LogP contribution in [0.5, 0.6) is 0 Å². The fourth-order valence-corrected chi connectivity index (χ4v) is 1.77. The van der Waals surface area contributed by atoms with Crippen molar-refractivity contribution in [3.8, 4) is 0 Å². The standard InChI is InChI=1S/C12H7ClF5N3/c13-6-1-5(14)2-7(15)11(6)21-9-3-10(12(16,17)18)20-4-8(9)19/h1-4H,19H2,(H,20,21). The van der Waals surface area contributed by atoms with E-state index in [1.807, 2.05) is 0 Å². The Bertz CT molecular complexity index is 664. The van der Waals surface area contributed by atoms with Gasteiger partial charge in [-0.25, -0.2) is 13.8 Å². The van der Waals surface area contributed by atoms with E-state index in [-0.39, 0.29) is 22.1 Å². The molecule has 0 aliphatic rings. The lowest BCUT2D eigenvalue weighted by Crippen LogP contribution is -2.10. The van der Waals surface area contributed by atoms with Gasteiger partial charge >= 0.3 is 6.18 Å². The normalized spacial score (nSPS) is 11.5. The number of alkyl halides is 3. The van der Waals surface area contributed by atoms with Gasteiger partial charge in [0.25, 0.3) is 0 Å². The molecule has 1 aromatic carbocycles. The summed E-state index contributed by atoms with van der Waals surface area (Å²) in [6.07, 6.45) is -3.91. The fraction of sp³-hybridized carbons (Fsp3) is 0.0833. The van der Waals surface area contributed by atoms with Gasteiger partial charge in [-0.05, 0) is 12.1 Å². The first-order valence-electron chi connectivity index (χ1n) is 5.43. The Kier molecular flexibility index (Phi) is 3.91. The van der Waals surface area contributed by atoms with Crippen molar-refractivity contribution in [2.24, 2.45) is 0 Å². The van der Waals surface area contributed by atoms with Crippen LogP contribution in [0.1, 0.15) is 5.69 Å². The molecule has 2 rings (SSSR count). The number of nitrogens with zero attached hydrogens (tertiary/aromatic N) is 1. The Morgan fingerprint density at radius 1 is 1.14 bits per heavy atom. The van der Waals surface area contributed by atoms with Gasteiger partial charge in [0.05, 0.1) is 28.3 Å². The lowest BCUT2D eigenvalue weighted by atomic mass is 10.2. The number of aromatic nitrogens is 1. The fourth-order valence-electron chi connectivity index (χ4n) is 1.53. The number of pyridine rings is 1. The van der Waals surface area contributed by atoms with E-state index in [2.05, 4.69) is 10.3 Å². The summed E-state index contributed by atoms with van der Waals surface area (Å²) in [6.45, 7) is 0. The summed E-state index contributed by atoms with van der Waals surface area (Å²) in [5.74, 6) is -1.98. The van der Waals surface area contributed by atoms with Crippen molar-refractivity contribution in [3.63, 3.8) is 0 Å². The van der Waals surface area contributed by atoms with Gasteiger partial charge in [-0.2, -0.15) is 13.2 Å². The summed E-state index contributed by atoms with van der Waals surface area (Å²) in [6, 6.07) is 1.96. The molecule has 0 fully saturated rings. The molecule has 9 heteroatoms. The van der Waals surface area contributed by atoms with Gasteiger partial charge < -0.3 is 11.1 Å². The van der Waals surface area contributed by atoms with E-state index in [1.54, 1.807) is 0 Å². The second-order valence-electron chi connectivity index (χ2n) is 4.02. The number of nitrogens with two attached hydrogens (primary N) is 1. The highest BCUT2D eigenvalue weighted by molar-refractivity contribution is 6.33. The van der Waals surface area contributed by atoms with Gasteiger partial charge in [0.2, 0.25) is 0 Å². The van der Waals surface area contributed by atoms with Crippen LogP contribution in [0.25, 0.3) is 0 Å². The summed E-state index contributed by atoms with van der Waals surface area (Å²) in [7, 11) is 0. The second kappa shape index (κ2) is 5.36. The van der Waals surface area contributed by atoms with E-state index >= 15 is 0 Å². The molecule has 0 atom stereocenters. The number of rotatable bonds is 2. The van der Waals surface area contributed by atoms with E-state index in [1.165, 1.54) is 0 Å². The molecule has 0 amide bonds. The minimum atomic E-state index is -4.69. The Hall–Kier alpha value is -2.09. The first-order chi connectivity index (χ1) is 9.68. The largest absolute Gasteiger partial charge is 0.433 e. The second-order valence-corrected chi connectivity index (χ2v) is 4.43. The molecule has 0 saturated heterocycles. The van der Waals surface area contributed by atoms with Crippen LogP contribution in [0.3, 0.4) is 0 Å². The maximum Gasteiger partial charge on any atom is 0.433 e. The van der Waals surface area contributed by atoms with E-state index in [0.717, 1.165) is 12.3 Å². The molecule has 3 nitrogen and oxygen atoms in total. The number of nitrogens with one attached hydrogen (secondary N) is 1. The Labute approximate surface area is 120 Å². The van der Waals surface area contributed by atoms with Crippen LogP contribution >= 0.6 is 11.6 Å². The number of nitrogen functional groups attached to an aromatic ring is 1. The molecular formula is C12H7ClF5N3. The monoisotopic (exact) mass is 323 g/mol. The van der Waals surface area contributed by atoms with Crippen molar-refractivity contribution in [1.29, 1.82) is 0 Å². The van der Waals surface area contributed by atoms with E-state index in [9.17, 15) is 22.0 Å². The summed E-state index contributed by atoms with van der Waals surface area (Å²) < 4.78 is 64.2. The minimum absolute atomic E-state index is 0.150. The van der Waals surface area contributed by atoms with Gasteiger partial charge in [0, 0.05) is 6.07 Å². The van der Waals surface area contributed by atoms with Crippen molar-refractivity contribution in [2.45, 2.75) is 6.18 Å². The maximum absolute atomic E-state index is 13.6. The van der Waals surface area contributed by atoms with Crippen molar-refractivity contribution in [2.75, 3.05) is 11.1 Å². The maximum atomic E-state index is 13.6. The van der Waals surface area contributed by atoms with Crippen molar-refractivity contribution < 1.29 is 22.0 Å². The summed E-state index contributed by atoms with van der Waals surface area (Å²) in [5, 5.41) is 1.97. The average molecular weight is 324 g/mol. The molecule has 112 valence electrons. The minimum Gasteiger partial charge on any atom is -0.396 e. The molecule has 1 aromatic heterocycles. The molecule has 0 radical (unpaired) electrons. The predicted molar refractivity (Wildman–Crippen MR) is 68.3 cm³/mol. The molecule has 1 heterocycles. The number of hydrogen-bond donors (Lipinski definition) is 2. The van der Waals surface area contributed by atoms with Gasteiger partial charge in [0.15, 0.2) is 5.82 Å².